The van der Waals surface area contributed by atoms with Crippen LogP contribution in [0.1, 0.15) is 36.5 Å². The van der Waals surface area contributed by atoms with Crippen LogP contribution in [0.4, 0.5) is 8.78 Å². The van der Waals surface area contributed by atoms with Crippen LogP contribution in [0.25, 0.3) is 0 Å². The third-order valence-corrected chi connectivity index (χ3v) is 4.60. The van der Waals surface area contributed by atoms with Crippen molar-refractivity contribution in [2.45, 2.75) is 38.0 Å². The first kappa shape index (κ1) is 20.1. The SMILES string of the molecule is CCNC(=NCC(O)c1ccc(OC(F)F)cc1)NC1CC1c1ccccc1. The van der Waals surface area contributed by atoms with Crippen LogP contribution in [0.5, 0.6) is 5.75 Å². The lowest BCUT2D eigenvalue weighted by molar-refractivity contribution is -0.0498. The van der Waals surface area contributed by atoms with Gasteiger partial charge in [0, 0.05) is 18.5 Å². The van der Waals surface area contributed by atoms with Gasteiger partial charge in [-0.1, -0.05) is 42.5 Å². The lowest BCUT2D eigenvalue weighted by Gasteiger charge is -2.14. The number of aliphatic hydroxyl groups is 1. The molecule has 0 aromatic heterocycles. The molecule has 1 fully saturated rings. The zero-order valence-electron chi connectivity index (χ0n) is 15.7. The predicted molar refractivity (Wildman–Crippen MR) is 105 cm³/mol. The van der Waals surface area contributed by atoms with E-state index in [4.69, 9.17) is 0 Å². The molecule has 5 nitrogen and oxygen atoms in total. The van der Waals surface area contributed by atoms with Crippen LogP contribution in [-0.4, -0.2) is 36.8 Å². The van der Waals surface area contributed by atoms with E-state index in [0.717, 1.165) is 6.42 Å². The number of guanidine groups is 1. The molecule has 0 spiro atoms. The van der Waals surface area contributed by atoms with Crippen LogP contribution < -0.4 is 15.4 Å². The number of aliphatic hydroxyl groups excluding tert-OH is 1. The minimum Gasteiger partial charge on any atom is -0.435 e. The standard InChI is InChI=1S/C21H25F2N3O2/c1-2-24-21(26-18-12-17(18)14-6-4-3-5-7-14)25-13-19(27)15-8-10-16(11-9-15)28-20(22)23/h3-11,17-20,27H,2,12-13H2,1H3,(H2,24,25,26). The van der Waals surface area contributed by atoms with Crippen molar-refractivity contribution in [1.29, 1.82) is 0 Å². The van der Waals surface area contributed by atoms with Crippen molar-refractivity contribution in [1.82, 2.24) is 10.6 Å². The average molecular weight is 389 g/mol. The molecule has 3 atom stereocenters. The first-order chi connectivity index (χ1) is 13.6. The molecule has 2 aromatic carbocycles. The minimum absolute atomic E-state index is 0.0603. The van der Waals surface area contributed by atoms with Crippen LogP contribution in [0, 0.1) is 0 Å². The molecule has 0 radical (unpaired) electrons. The van der Waals surface area contributed by atoms with Gasteiger partial charge in [-0.25, -0.2) is 0 Å². The van der Waals surface area contributed by atoms with E-state index in [9.17, 15) is 13.9 Å². The van der Waals surface area contributed by atoms with Crippen molar-refractivity contribution in [2.24, 2.45) is 4.99 Å². The summed E-state index contributed by atoms with van der Waals surface area (Å²) < 4.78 is 28.7. The third-order valence-electron chi connectivity index (χ3n) is 4.60. The van der Waals surface area contributed by atoms with Gasteiger partial charge in [0.1, 0.15) is 5.75 Å². The summed E-state index contributed by atoms with van der Waals surface area (Å²) in [5.41, 5.74) is 1.90. The second-order valence-electron chi connectivity index (χ2n) is 6.69. The normalized spacial score (nSPS) is 20.0. The van der Waals surface area contributed by atoms with Gasteiger partial charge >= 0.3 is 6.61 Å². The van der Waals surface area contributed by atoms with E-state index in [1.807, 2.05) is 25.1 Å². The third kappa shape index (κ3) is 5.66. The number of aliphatic imine (C=N–C) groups is 1. The van der Waals surface area contributed by atoms with Crippen molar-refractivity contribution >= 4 is 5.96 Å². The first-order valence-electron chi connectivity index (χ1n) is 9.39. The number of nitrogens with zero attached hydrogens (tertiary/aromatic N) is 1. The Hall–Kier alpha value is -2.67. The molecule has 0 heterocycles. The average Bonchev–Trinajstić information content (AvgIpc) is 3.46. The van der Waals surface area contributed by atoms with Crippen LogP contribution in [-0.2, 0) is 0 Å². The Balaban J connectivity index is 1.55. The van der Waals surface area contributed by atoms with Crippen LogP contribution in [0.3, 0.4) is 0 Å². The molecule has 0 aliphatic heterocycles. The summed E-state index contributed by atoms with van der Waals surface area (Å²) in [5.74, 6) is 1.19. The fourth-order valence-corrected chi connectivity index (χ4v) is 3.07. The Morgan fingerprint density at radius 1 is 1.18 bits per heavy atom. The van der Waals surface area contributed by atoms with E-state index in [-0.39, 0.29) is 12.3 Å². The zero-order valence-corrected chi connectivity index (χ0v) is 15.7. The highest BCUT2D eigenvalue weighted by Gasteiger charge is 2.38. The van der Waals surface area contributed by atoms with Gasteiger partial charge in [-0.3, -0.25) is 4.99 Å². The summed E-state index contributed by atoms with van der Waals surface area (Å²) in [7, 11) is 0. The lowest BCUT2D eigenvalue weighted by Crippen LogP contribution is -2.39. The number of rotatable bonds is 8. The summed E-state index contributed by atoms with van der Waals surface area (Å²) in [4.78, 5) is 4.46. The molecule has 0 saturated heterocycles. The van der Waals surface area contributed by atoms with Gasteiger partial charge in [-0.05, 0) is 36.6 Å². The number of ether oxygens (including phenoxy) is 1. The maximum atomic E-state index is 12.2. The van der Waals surface area contributed by atoms with Crippen molar-refractivity contribution in [3.8, 4) is 5.75 Å². The van der Waals surface area contributed by atoms with E-state index in [1.54, 1.807) is 12.1 Å². The zero-order chi connectivity index (χ0) is 19.9. The van der Waals surface area contributed by atoms with E-state index in [2.05, 4.69) is 32.5 Å². The van der Waals surface area contributed by atoms with Gasteiger partial charge in [-0.2, -0.15) is 8.78 Å². The first-order valence-corrected chi connectivity index (χ1v) is 9.39. The van der Waals surface area contributed by atoms with Crippen LogP contribution in [0.15, 0.2) is 59.6 Å². The molecule has 1 aliphatic carbocycles. The number of hydrogen-bond acceptors (Lipinski definition) is 3. The fraction of sp³-hybridized carbons (Fsp3) is 0.381. The highest BCUT2D eigenvalue weighted by atomic mass is 19.3. The van der Waals surface area contributed by atoms with Gasteiger partial charge in [0.05, 0.1) is 12.6 Å². The molecular weight excluding hydrogens is 364 g/mol. The van der Waals surface area contributed by atoms with Crippen molar-refractivity contribution < 1.29 is 18.6 Å². The highest BCUT2D eigenvalue weighted by molar-refractivity contribution is 5.80. The van der Waals surface area contributed by atoms with Crippen molar-refractivity contribution in [2.75, 3.05) is 13.1 Å². The van der Waals surface area contributed by atoms with Crippen molar-refractivity contribution in [3.63, 3.8) is 0 Å². The molecule has 3 rings (SSSR count). The van der Waals surface area contributed by atoms with E-state index in [1.165, 1.54) is 17.7 Å². The van der Waals surface area contributed by atoms with E-state index < -0.39 is 12.7 Å². The summed E-state index contributed by atoms with van der Waals surface area (Å²) in [6, 6.07) is 16.6. The molecule has 1 saturated carbocycles. The predicted octanol–water partition coefficient (Wildman–Crippen LogP) is 3.43. The van der Waals surface area contributed by atoms with E-state index in [0.29, 0.717) is 30.0 Å². The molecule has 1 aliphatic rings. The molecular formula is C21H25F2N3O2. The molecule has 0 bridgehead atoms. The van der Waals surface area contributed by atoms with Crippen LogP contribution >= 0.6 is 0 Å². The Labute approximate surface area is 163 Å². The Morgan fingerprint density at radius 2 is 1.89 bits per heavy atom. The Kier molecular flexibility index (Phi) is 6.81. The van der Waals surface area contributed by atoms with Gasteiger partial charge in [0.15, 0.2) is 5.96 Å². The molecule has 28 heavy (non-hydrogen) atoms. The van der Waals surface area contributed by atoms with Gasteiger partial charge in [0.25, 0.3) is 0 Å². The van der Waals surface area contributed by atoms with Gasteiger partial charge in [0.2, 0.25) is 0 Å². The summed E-state index contributed by atoms with van der Waals surface area (Å²) in [6.07, 6.45) is 0.211. The minimum atomic E-state index is -2.86. The molecule has 150 valence electrons. The number of alkyl halides is 2. The molecule has 2 aromatic rings. The number of halogens is 2. The lowest BCUT2D eigenvalue weighted by atomic mass is 10.1. The quantitative estimate of drug-likeness (QED) is 0.478. The number of benzene rings is 2. The van der Waals surface area contributed by atoms with Crippen LogP contribution in [0.2, 0.25) is 0 Å². The van der Waals surface area contributed by atoms with Gasteiger partial charge in [-0.15, -0.1) is 0 Å². The molecule has 3 unspecified atom stereocenters. The molecule has 0 amide bonds. The largest absolute Gasteiger partial charge is 0.435 e. The maximum absolute atomic E-state index is 12.2. The summed E-state index contributed by atoms with van der Waals surface area (Å²) in [5, 5.41) is 16.9. The molecule has 7 heteroatoms. The topological polar surface area (TPSA) is 65.9 Å². The number of nitrogens with one attached hydrogen (secondary N) is 2. The molecule has 3 N–H and O–H groups in total. The summed E-state index contributed by atoms with van der Waals surface area (Å²) in [6.45, 7) is -0.00905. The van der Waals surface area contributed by atoms with E-state index >= 15 is 0 Å². The smallest absolute Gasteiger partial charge is 0.387 e. The van der Waals surface area contributed by atoms with Crippen molar-refractivity contribution in [3.05, 3.63) is 65.7 Å². The summed E-state index contributed by atoms with van der Waals surface area (Å²) >= 11 is 0. The van der Waals surface area contributed by atoms with Gasteiger partial charge < -0.3 is 20.5 Å². The highest BCUT2D eigenvalue weighted by Crippen LogP contribution is 2.40. The fourth-order valence-electron chi connectivity index (χ4n) is 3.07. The Morgan fingerprint density at radius 3 is 2.54 bits per heavy atom. The monoisotopic (exact) mass is 389 g/mol. The number of hydrogen-bond donors (Lipinski definition) is 3. The maximum Gasteiger partial charge on any atom is 0.387 e. The Bertz CT molecular complexity index is 769. The second-order valence-corrected chi connectivity index (χ2v) is 6.69. The second kappa shape index (κ2) is 9.50.